The van der Waals surface area contributed by atoms with Crippen LogP contribution in [0.5, 0.6) is 0 Å². The zero-order valence-electron chi connectivity index (χ0n) is 11.0. The number of hydrogen-bond acceptors (Lipinski definition) is 4. The van der Waals surface area contributed by atoms with Gasteiger partial charge < -0.3 is 15.0 Å². The van der Waals surface area contributed by atoms with Crippen LogP contribution in [0.15, 0.2) is 24.5 Å². The Morgan fingerprint density at radius 1 is 1.53 bits per heavy atom. The molecular formula is C13H20ClN3O2. The molecule has 1 aliphatic heterocycles. The number of nitrogens with zero attached hydrogens (tertiary/aromatic N) is 2. The summed E-state index contributed by atoms with van der Waals surface area (Å²) in [4.78, 5) is 18.1. The van der Waals surface area contributed by atoms with E-state index >= 15 is 0 Å². The Kier molecular flexibility index (Phi) is 6.77. The maximum absolute atomic E-state index is 12.3. The SMILES string of the molecule is CCN(Cc1ccncc1)C(=O)C1COCCN1.Cl. The Morgan fingerprint density at radius 2 is 2.26 bits per heavy atom. The van der Waals surface area contributed by atoms with Crippen LogP contribution in [-0.4, -0.2) is 48.1 Å². The predicted octanol–water partition coefficient (Wildman–Crippen LogP) is 0.840. The molecule has 1 saturated heterocycles. The molecule has 6 heteroatoms. The summed E-state index contributed by atoms with van der Waals surface area (Å²) in [5.74, 6) is 0.106. The summed E-state index contributed by atoms with van der Waals surface area (Å²) in [5, 5.41) is 3.19. The molecule has 5 nitrogen and oxygen atoms in total. The Labute approximate surface area is 119 Å². The van der Waals surface area contributed by atoms with Gasteiger partial charge in [0.1, 0.15) is 6.04 Å². The van der Waals surface area contributed by atoms with Gasteiger partial charge in [-0.25, -0.2) is 0 Å². The molecule has 2 rings (SSSR count). The molecule has 1 aromatic rings. The minimum Gasteiger partial charge on any atom is -0.378 e. The van der Waals surface area contributed by atoms with Gasteiger partial charge in [0.15, 0.2) is 0 Å². The normalized spacial score (nSPS) is 18.5. The summed E-state index contributed by atoms with van der Waals surface area (Å²) in [6, 6.07) is 3.65. The molecular weight excluding hydrogens is 266 g/mol. The number of carbonyl (C=O) groups excluding carboxylic acids is 1. The van der Waals surface area contributed by atoms with Gasteiger partial charge in [0, 0.05) is 32.0 Å². The Hall–Kier alpha value is -1.17. The Balaban J connectivity index is 0.00000180. The fourth-order valence-corrected chi connectivity index (χ4v) is 2.00. The molecule has 0 spiro atoms. The van der Waals surface area contributed by atoms with Gasteiger partial charge in [0.25, 0.3) is 0 Å². The number of morpholine rings is 1. The molecule has 1 atom stereocenters. The second kappa shape index (κ2) is 8.09. The largest absolute Gasteiger partial charge is 0.378 e. The van der Waals surface area contributed by atoms with E-state index in [1.165, 1.54) is 0 Å². The number of aromatic nitrogens is 1. The van der Waals surface area contributed by atoms with E-state index in [0.29, 0.717) is 26.3 Å². The second-order valence-corrected chi connectivity index (χ2v) is 4.29. The smallest absolute Gasteiger partial charge is 0.242 e. The van der Waals surface area contributed by atoms with Crippen LogP contribution in [0.4, 0.5) is 0 Å². The highest BCUT2D eigenvalue weighted by Gasteiger charge is 2.25. The van der Waals surface area contributed by atoms with Crippen molar-refractivity contribution >= 4 is 18.3 Å². The van der Waals surface area contributed by atoms with E-state index in [-0.39, 0.29) is 24.4 Å². The lowest BCUT2D eigenvalue weighted by molar-refractivity contribution is -0.136. The first kappa shape index (κ1) is 15.9. The van der Waals surface area contributed by atoms with E-state index in [1.54, 1.807) is 12.4 Å². The standard InChI is InChI=1S/C13H19N3O2.ClH/c1-2-16(9-11-3-5-14-6-4-11)13(17)12-10-18-8-7-15-12;/h3-6,12,15H,2,7-10H2,1H3;1H. The van der Waals surface area contributed by atoms with Crippen LogP contribution < -0.4 is 5.32 Å². The first-order chi connectivity index (χ1) is 8.81. The van der Waals surface area contributed by atoms with Crippen molar-refractivity contribution in [1.29, 1.82) is 0 Å². The van der Waals surface area contributed by atoms with Crippen molar-refractivity contribution in [3.63, 3.8) is 0 Å². The topological polar surface area (TPSA) is 54.5 Å². The molecule has 0 aliphatic carbocycles. The van der Waals surface area contributed by atoms with E-state index in [1.807, 2.05) is 24.0 Å². The van der Waals surface area contributed by atoms with Crippen LogP contribution in [-0.2, 0) is 16.1 Å². The van der Waals surface area contributed by atoms with Gasteiger partial charge in [-0.2, -0.15) is 0 Å². The number of hydrogen-bond donors (Lipinski definition) is 1. The third-order valence-corrected chi connectivity index (χ3v) is 3.04. The number of halogens is 1. The van der Waals surface area contributed by atoms with Crippen molar-refractivity contribution in [1.82, 2.24) is 15.2 Å². The van der Waals surface area contributed by atoms with Crippen LogP contribution in [0.3, 0.4) is 0 Å². The average Bonchev–Trinajstić information content (AvgIpc) is 2.46. The summed E-state index contributed by atoms with van der Waals surface area (Å²) >= 11 is 0. The van der Waals surface area contributed by atoms with E-state index < -0.39 is 0 Å². The van der Waals surface area contributed by atoms with Crippen LogP contribution in [0, 0.1) is 0 Å². The number of carbonyl (C=O) groups is 1. The highest BCUT2D eigenvalue weighted by molar-refractivity contribution is 5.85. The monoisotopic (exact) mass is 285 g/mol. The molecule has 0 radical (unpaired) electrons. The lowest BCUT2D eigenvalue weighted by atomic mass is 10.2. The van der Waals surface area contributed by atoms with Crippen molar-refractivity contribution < 1.29 is 9.53 Å². The minimum atomic E-state index is -0.208. The van der Waals surface area contributed by atoms with E-state index in [4.69, 9.17) is 4.74 Å². The number of ether oxygens (including phenoxy) is 1. The highest BCUT2D eigenvalue weighted by Crippen LogP contribution is 2.06. The van der Waals surface area contributed by atoms with Gasteiger partial charge in [0.05, 0.1) is 13.2 Å². The van der Waals surface area contributed by atoms with E-state index in [0.717, 1.165) is 12.1 Å². The maximum atomic E-state index is 12.3. The number of amides is 1. The van der Waals surface area contributed by atoms with Crippen molar-refractivity contribution in [2.45, 2.75) is 19.5 Å². The molecule has 1 fully saturated rings. The molecule has 0 bridgehead atoms. The minimum absolute atomic E-state index is 0. The van der Waals surface area contributed by atoms with Crippen molar-refractivity contribution in [3.8, 4) is 0 Å². The van der Waals surface area contributed by atoms with Crippen LogP contribution in [0.1, 0.15) is 12.5 Å². The molecule has 1 aromatic heterocycles. The zero-order valence-corrected chi connectivity index (χ0v) is 11.9. The molecule has 1 unspecified atom stereocenters. The van der Waals surface area contributed by atoms with Gasteiger partial charge in [-0.3, -0.25) is 9.78 Å². The molecule has 106 valence electrons. The van der Waals surface area contributed by atoms with Gasteiger partial charge in [0.2, 0.25) is 5.91 Å². The summed E-state index contributed by atoms with van der Waals surface area (Å²) in [6.45, 7) is 5.19. The third-order valence-electron chi connectivity index (χ3n) is 3.04. The predicted molar refractivity (Wildman–Crippen MR) is 75.2 cm³/mol. The van der Waals surface area contributed by atoms with E-state index in [2.05, 4.69) is 10.3 Å². The summed E-state index contributed by atoms with van der Waals surface area (Å²) in [7, 11) is 0. The number of rotatable bonds is 4. The van der Waals surface area contributed by atoms with E-state index in [9.17, 15) is 4.79 Å². The van der Waals surface area contributed by atoms with Gasteiger partial charge >= 0.3 is 0 Å². The zero-order chi connectivity index (χ0) is 12.8. The Bertz CT molecular complexity index is 383. The average molecular weight is 286 g/mol. The fourth-order valence-electron chi connectivity index (χ4n) is 2.00. The lowest BCUT2D eigenvalue weighted by Gasteiger charge is -2.29. The number of likely N-dealkylation sites (N-methyl/N-ethyl adjacent to an activating group) is 1. The molecule has 19 heavy (non-hydrogen) atoms. The summed E-state index contributed by atoms with van der Waals surface area (Å²) in [5.41, 5.74) is 1.09. The molecule has 1 N–H and O–H groups in total. The number of pyridine rings is 1. The molecule has 1 amide bonds. The van der Waals surface area contributed by atoms with Crippen LogP contribution in [0.2, 0.25) is 0 Å². The number of nitrogens with one attached hydrogen (secondary N) is 1. The van der Waals surface area contributed by atoms with Crippen LogP contribution >= 0.6 is 12.4 Å². The first-order valence-corrected chi connectivity index (χ1v) is 6.30. The Morgan fingerprint density at radius 3 is 2.84 bits per heavy atom. The first-order valence-electron chi connectivity index (χ1n) is 6.30. The fraction of sp³-hybridized carbons (Fsp3) is 0.538. The van der Waals surface area contributed by atoms with Crippen molar-refractivity contribution in [2.24, 2.45) is 0 Å². The third kappa shape index (κ3) is 4.45. The molecule has 0 saturated carbocycles. The van der Waals surface area contributed by atoms with Crippen LogP contribution in [0.25, 0.3) is 0 Å². The highest BCUT2D eigenvalue weighted by atomic mass is 35.5. The second-order valence-electron chi connectivity index (χ2n) is 4.29. The molecule has 0 aromatic carbocycles. The van der Waals surface area contributed by atoms with Crippen molar-refractivity contribution in [2.75, 3.05) is 26.3 Å². The van der Waals surface area contributed by atoms with Gasteiger partial charge in [-0.15, -0.1) is 12.4 Å². The summed E-state index contributed by atoms with van der Waals surface area (Å²) in [6.07, 6.45) is 3.49. The van der Waals surface area contributed by atoms with Gasteiger partial charge in [-0.1, -0.05) is 0 Å². The lowest BCUT2D eigenvalue weighted by Crippen LogP contribution is -2.52. The quantitative estimate of drug-likeness (QED) is 0.891. The summed E-state index contributed by atoms with van der Waals surface area (Å²) < 4.78 is 5.33. The van der Waals surface area contributed by atoms with Gasteiger partial charge in [-0.05, 0) is 24.6 Å². The maximum Gasteiger partial charge on any atom is 0.242 e. The van der Waals surface area contributed by atoms with Crippen molar-refractivity contribution in [3.05, 3.63) is 30.1 Å². The molecule has 2 heterocycles. The molecule has 1 aliphatic rings.